The Hall–Kier alpha value is -1.31. The molecule has 0 saturated carbocycles. The molecule has 3 aliphatic rings. The van der Waals surface area contributed by atoms with Gasteiger partial charge in [-0.05, 0) is 6.92 Å². The van der Waals surface area contributed by atoms with Crippen LogP contribution in [0.3, 0.4) is 0 Å². The van der Waals surface area contributed by atoms with Gasteiger partial charge in [-0.25, -0.2) is 0 Å². The van der Waals surface area contributed by atoms with Crippen LogP contribution in [0.15, 0.2) is 22.0 Å². The fraction of sp³-hybridized carbons (Fsp3) is 0.769. The number of aliphatic hydroxyl groups is 1. The maximum Gasteiger partial charge on any atom is 0.217 e. The predicted molar refractivity (Wildman–Crippen MR) is 69.0 cm³/mol. The minimum atomic E-state index is -0.991. The summed E-state index contributed by atoms with van der Waals surface area (Å²) in [6, 6.07) is -0.663. The van der Waals surface area contributed by atoms with Crippen LogP contribution in [0, 0.1) is 5.92 Å². The topological polar surface area (TPSA) is 83.7 Å². The molecular weight excluding hydrogens is 262 g/mol. The van der Waals surface area contributed by atoms with Crippen LogP contribution in [0.2, 0.25) is 0 Å². The van der Waals surface area contributed by atoms with E-state index in [9.17, 15) is 9.90 Å². The molecule has 4 atom stereocenters. The molecule has 3 rings (SSSR count). The van der Waals surface area contributed by atoms with Crippen LogP contribution in [-0.2, 0) is 14.3 Å². The molecule has 0 bridgehead atoms. The van der Waals surface area contributed by atoms with E-state index in [0.29, 0.717) is 25.4 Å². The second kappa shape index (κ2) is 4.91. The Morgan fingerprint density at radius 2 is 2.40 bits per heavy atom. The number of carbonyl (C=O) groups is 1. The van der Waals surface area contributed by atoms with Crippen LogP contribution < -0.4 is 0 Å². The molecule has 7 nitrogen and oxygen atoms in total. The quantitative estimate of drug-likeness (QED) is 0.784. The normalized spacial score (nSPS) is 39.5. The zero-order chi connectivity index (χ0) is 14.3. The Balaban J connectivity index is 2.06. The number of ether oxygens (including phenoxy) is 2. The highest BCUT2D eigenvalue weighted by Gasteiger charge is 2.60. The van der Waals surface area contributed by atoms with Gasteiger partial charge < -0.3 is 19.5 Å². The number of carbonyl (C=O) groups excluding carboxylic acids is 1. The molecule has 110 valence electrons. The first kappa shape index (κ1) is 13.7. The number of β-amino-alcohol motifs (C(OH)–C–C–N with tert-alkyl or cyclic N) is 1. The number of fused-ring (bicyclic) bond motifs is 3. The van der Waals surface area contributed by atoms with E-state index >= 15 is 0 Å². The smallest absolute Gasteiger partial charge is 0.217 e. The average Bonchev–Trinajstić information content (AvgIpc) is 2.84. The lowest BCUT2D eigenvalue weighted by atomic mass is 9.77. The van der Waals surface area contributed by atoms with Gasteiger partial charge in [-0.1, -0.05) is 0 Å². The van der Waals surface area contributed by atoms with Gasteiger partial charge in [0.05, 0.1) is 30.9 Å². The van der Waals surface area contributed by atoms with Gasteiger partial charge in [-0.15, -0.1) is 0 Å². The lowest BCUT2D eigenvalue weighted by molar-refractivity contribution is -0.261. The molecule has 7 heteroatoms. The van der Waals surface area contributed by atoms with Crippen molar-refractivity contribution in [2.45, 2.75) is 24.8 Å². The molecule has 1 saturated heterocycles. The first-order chi connectivity index (χ1) is 9.64. The van der Waals surface area contributed by atoms with Crippen LogP contribution in [0.4, 0.5) is 0 Å². The number of hydrogen-bond donors (Lipinski definition) is 1. The summed E-state index contributed by atoms with van der Waals surface area (Å²) < 4.78 is 11.6. The summed E-state index contributed by atoms with van der Waals surface area (Å²) in [6.07, 6.45) is 1.54. The summed E-state index contributed by atoms with van der Waals surface area (Å²) in [4.78, 5) is 14.2. The summed E-state index contributed by atoms with van der Waals surface area (Å²) >= 11 is 0. The maximum absolute atomic E-state index is 12.3. The molecule has 0 aromatic heterocycles. The van der Waals surface area contributed by atoms with Crippen molar-refractivity contribution in [1.29, 1.82) is 0 Å². The molecule has 0 spiro atoms. The van der Waals surface area contributed by atoms with Crippen molar-refractivity contribution in [3.05, 3.63) is 11.8 Å². The van der Waals surface area contributed by atoms with Crippen molar-refractivity contribution in [2.24, 2.45) is 16.1 Å². The Morgan fingerprint density at radius 1 is 1.60 bits per heavy atom. The standard InChI is InChI=1S/C13H19N3O4/c1-8-11-12(15-14-8)9(18)7-10-13(11,19-2)20-6-4-16(10)3-5-17/h7-8,11-12,17H,3-6H2,1-2H3/t8-,11+,12+,13-/m1/s1. The zero-order valence-electron chi connectivity index (χ0n) is 11.7. The SMILES string of the molecule is CO[C@@]12OCCN(CCO)C1=CC(=O)[C@@H]1N=N[C@H](C)[C@@H]12. The van der Waals surface area contributed by atoms with Crippen molar-refractivity contribution < 1.29 is 19.4 Å². The number of azo groups is 1. The summed E-state index contributed by atoms with van der Waals surface area (Å²) in [6.45, 7) is 3.50. The molecule has 0 aromatic carbocycles. The lowest BCUT2D eigenvalue weighted by Gasteiger charge is -2.50. The number of hydrogen-bond acceptors (Lipinski definition) is 7. The Kier molecular flexibility index (Phi) is 3.35. The third kappa shape index (κ3) is 1.73. The number of methoxy groups -OCH3 is 1. The highest BCUT2D eigenvalue weighted by Crippen LogP contribution is 2.46. The fourth-order valence-corrected chi connectivity index (χ4v) is 3.40. The molecule has 20 heavy (non-hydrogen) atoms. The molecule has 0 aromatic rings. The third-order valence-corrected chi connectivity index (χ3v) is 4.29. The zero-order valence-corrected chi connectivity index (χ0v) is 11.7. The molecule has 0 amide bonds. The molecule has 1 aliphatic carbocycles. The number of ketones is 1. The summed E-state index contributed by atoms with van der Waals surface area (Å²) in [7, 11) is 1.58. The summed E-state index contributed by atoms with van der Waals surface area (Å²) in [5.41, 5.74) is 0.686. The van der Waals surface area contributed by atoms with Crippen LogP contribution >= 0.6 is 0 Å². The van der Waals surface area contributed by atoms with Gasteiger partial charge in [0.15, 0.2) is 5.78 Å². The van der Waals surface area contributed by atoms with Crippen molar-refractivity contribution in [1.82, 2.24) is 4.90 Å². The van der Waals surface area contributed by atoms with Gasteiger partial charge >= 0.3 is 0 Å². The minimum Gasteiger partial charge on any atom is -0.395 e. The van der Waals surface area contributed by atoms with Crippen LogP contribution in [0.5, 0.6) is 0 Å². The Labute approximate surface area is 117 Å². The van der Waals surface area contributed by atoms with E-state index in [1.165, 1.54) is 6.08 Å². The van der Waals surface area contributed by atoms with E-state index in [0.717, 1.165) is 0 Å². The summed E-state index contributed by atoms with van der Waals surface area (Å²) in [5, 5.41) is 17.4. The van der Waals surface area contributed by atoms with Gasteiger partial charge in [-0.2, -0.15) is 10.2 Å². The Bertz CT molecular complexity index is 476. The second-order valence-electron chi connectivity index (χ2n) is 5.30. The highest BCUT2D eigenvalue weighted by atomic mass is 16.7. The van der Waals surface area contributed by atoms with E-state index < -0.39 is 11.8 Å². The monoisotopic (exact) mass is 281 g/mol. The molecule has 1 N–H and O–H groups in total. The first-order valence-corrected chi connectivity index (χ1v) is 6.85. The first-order valence-electron chi connectivity index (χ1n) is 6.85. The summed E-state index contributed by atoms with van der Waals surface area (Å²) in [5.74, 6) is -1.31. The molecular formula is C13H19N3O4. The molecule has 2 heterocycles. The molecule has 0 radical (unpaired) electrons. The average molecular weight is 281 g/mol. The van der Waals surface area contributed by atoms with Gasteiger partial charge in [0.1, 0.15) is 6.04 Å². The van der Waals surface area contributed by atoms with E-state index in [4.69, 9.17) is 9.47 Å². The number of aliphatic hydroxyl groups excluding tert-OH is 1. The molecule has 0 unspecified atom stereocenters. The van der Waals surface area contributed by atoms with Crippen LogP contribution in [-0.4, -0.2) is 67.1 Å². The maximum atomic E-state index is 12.3. The van der Waals surface area contributed by atoms with E-state index in [-0.39, 0.29) is 24.3 Å². The minimum absolute atomic E-state index is 0.0176. The second-order valence-corrected chi connectivity index (χ2v) is 5.30. The van der Waals surface area contributed by atoms with Gasteiger partial charge in [0.25, 0.3) is 0 Å². The Morgan fingerprint density at radius 3 is 3.10 bits per heavy atom. The van der Waals surface area contributed by atoms with Gasteiger partial charge in [0, 0.05) is 26.3 Å². The predicted octanol–water partition coefficient (Wildman–Crippen LogP) is -0.0407. The third-order valence-electron chi connectivity index (χ3n) is 4.29. The van der Waals surface area contributed by atoms with Crippen molar-refractivity contribution in [3.8, 4) is 0 Å². The van der Waals surface area contributed by atoms with Crippen LogP contribution in [0.1, 0.15) is 6.92 Å². The van der Waals surface area contributed by atoms with E-state index in [1.807, 2.05) is 11.8 Å². The fourth-order valence-electron chi connectivity index (χ4n) is 3.40. The van der Waals surface area contributed by atoms with Gasteiger partial charge in [0.2, 0.25) is 5.79 Å². The van der Waals surface area contributed by atoms with Crippen molar-refractivity contribution >= 4 is 5.78 Å². The number of rotatable bonds is 3. The largest absolute Gasteiger partial charge is 0.395 e. The van der Waals surface area contributed by atoms with Crippen LogP contribution in [0.25, 0.3) is 0 Å². The molecule has 2 aliphatic heterocycles. The highest BCUT2D eigenvalue weighted by molar-refractivity contribution is 5.97. The number of morpholine rings is 1. The van der Waals surface area contributed by atoms with Gasteiger partial charge in [-0.3, -0.25) is 4.79 Å². The lowest BCUT2D eigenvalue weighted by Crippen LogP contribution is -2.62. The van der Waals surface area contributed by atoms with Crippen molar-refractivity contribution in [3.63, 3.8) is 0 Å². The number of nitrogens with zero attached hydrogens (tertiary/aromatic N) is 3. The van der Waals surface area contributed by atoms with Crippen molar-refractivity contribution in [2.75, 3.05) is 33.4 Å². The van der Waals surface area contributed by atoms with E-state index in [2.05, 4.69) is 10.2 Å². The van der Waals surface area contributed by atoms with E-state index in [1.54, 1.807) is 7.11 Å². The molecule has 1 fully saturated rings.